The third kappa shape index (κ3) is 3.12. The third-order valence-corrected chi connectivity index (χ3v) is 3.32. The number of halogens is 1. The summed E-state index contributed by atoms with van der Waals surface area (Å²) in [5, 5.41) is 9.95. The second kappa shape index (κ2) is 6.24. The van der Waals surface area contributed by atoms with Crippen molar-refractivity contribution in [1.29, 1.82) is 0 Å². The molecule has 0 aromatic heterocycles. The smallest absolute Gasteiger partial charge is 0.126 e. The van der Waals surface area contributed by atoms with E-state index >= 15 is 0 Å². The van der Waals surface area contributed by atoms with Crippen molar-refractivity contribution >= 4 is 11.6 Å². The van der Waals surface area contributed by atoms with Crippen LogP contribution in [-0.2, 0) is 0 Å². The summed E-state index contributed by atoms with van der Waals surface area (Å²) in [5.41, 5.74) is 7.99. The number of methoxy groups -OCH3 is 1. The highest BCUT2D eigenvalue weighted by atomic mass is 35.5. The first-order valence-electron chi connectivity index (χ1n) is 5.75. The Morgan fingerprint density at radius 2 is 2.12 bits per heavy atom. The van der Waals surface area contributed by atoms with Crippen LogP contribution in [0.2, 0.25) is 5.02 Å². The van der Waals surface area contributed by atoms with Crippen molar-refractivity contribution in [3.63, 3.8) is 0 Å². The average molecular weight is 258 g/mol. The second-order valence-electron chi connectivity index (χ2n) is 4.22. The highest BCUT2D eigenvalue weighted by molar-refractivity contribution is 6.30. The average Bonchev–Trinajstić information content (AvgIpc) is 2.29. The number of nitrogens with two attached hydrogens (primary N) is 1. The standard InChI is InChI=1S/C13H20ClNO2/c1-4-9(7-16)12(15)11-6-10(14)5-8(2)13(11)17-3/h5-6,9,12,16H,4,7,15H2,1-3H3. The Balaban J connectivity index is 3.19. The lowest BCUT2D eigenvalue weighted by molar-refractivity contribution is 0.199. The Morgan fingerprint density at radius 1 is 1.47 bits per heavy atom. The van der Waals surface area contributed by atoms with Crippen LogP contribution in [0.4, 0.5) is 0 Å². The van der Waals surface area contributed by atoms with E-state index in [0.29, 0.717) is 5.02 Å². The largest absolute Gasteiger partial charge is 0.496 e. The Morgan fingerprint density at radius 3 is 2.59 bits per heavy atom. The summed E-state index contributed by atoms with van der Waals surface area (Å²) in [6.07, 6.45) is 0.812. The first kappa shape index (κ1) is 14.3. The monoisotopic (exact) mass is 257 g/mol. The first-order chi connectivity index (χ1) is 8.04. The maximum Gasteiger partial charge on any atom is 0.126 e. The van der Waals surface area contributed by atoms with Gasteiger partial charge in [0.05, 0.1) is 7.11 Å². The van der Waals surface area contributed by atoms with Gasteiger partial charge in [0.2, 0.25) is 0 Å². The van der Waals surface area contributed by atoms with Gasteiger partial charge in [0.15, 0.2) is 0 Å². The molecule has 17 heavy (non-hydrogen) atoms. The van der Waals surface area contributed by atoms with Crippen molar-refractivity contribution in [2.75, 3.05) is 13.7 Å². The molecule has 0 radical (unpaired) electrons. The highest BCUT2D eigenvalue weighted by Gasteiger charge is 2.22. The summed E-state index contributed by atoms with van der Waals surface area (Å²) < 4.78 is 5.37. The van der Waals surface area contributed by atoms with Gasteiger partial charge in [-0.3, -0.25) is 0 Å². The second-order valence-corrected chi connectivity index (χ2v) is 4.66. The molecular weight excluding hydrogens is 238 g/mol. The summed E-state index contributed by atoms with van der Waals surface area (Å²) in [6, 6.07) is 3.39. The summed E-state index contributed by atoms with van der Waals surface area (Å²) in [4.78, 5) is 0. The molecule has 0 aliphatic carbocycles. The highest BCUT2D eigenvalue weighted by Crippen LogP contribution is 2.34. The maximum absolute atomic E-state index is 9.31. The summed E-state index contributed by atoms with van der Waals surface area (Å²) in [5.74, 6) is 0.774. The van der Waals surface area contributed by atoms with Crippen LogP contribution in [0.25, 0.3) is 0 Å². The number of aliphatic hydroxyl groups excluding tert-OH is 1. The van der Waals surface area contributed by atoms with E-state index in [1.807, 2.05) is 26.0 Å². The number of rotatable bonds is 5. The molecule has 0 spiro atoms. The van der Waals surface area contributed by atoms with E-state index in [0.717, 1.165) is 23.3 Å². The summed E-state index contributed by atoms with van der Waals surface area (Å²) in [7, 11) is 1.62. The fourth-order valence-corrected chi connectivity index (χ4v) is 2.31. The van der Waals surface area contributed by atoms with Gasteiger partial charge in [-0.15, -0.1) is 0 Å². The Hall–Kier alpha value is -0.770. The molecule has 0 amide bonds. The van der Waals surface area contributed by atoms with Gasteiger partial charge >= 0.3 is 0 Å². The number of ether oxygens (including phenoxy) is 1. The topological polar surface area (TPSA) is 55.5 Å². The van der Waals surface area contributed by atoms with Crippen molar-refractivity contribution < 1.29 is 9.84 Å². The maximum atomic E-state index is 9.31. The number of aliphatic hydroxyl groups is 1. The van der Waals surface area contributed by atoms with Gasteiger partial charge in [-0.2, -0.15) is 0 Å². The van der Waals surface area contributed by atoms with Gasteiger partial charge in [-0.25, -0.2) is 0 Å². The fourth-order valence-electron chi connectivity index (χ4n) is 2.03. The minimum atomic E-state index is -0.266. The molecule has 3 N–H and O–H groups in total. The molecule has 96 valence electrons. The van der Waals surface area contributed by atoms with E-state index in [1.54, 1.807) is 7.11 Å². The zero-order chi connectivity index (χ0) is 13.0. The number of aryl methyl sites for hydroxylation is 1. The van der Waals surface area contributed by atoms with Crippen molar-refractivity contribution in [2.45, 2.75) is 26.3 Å². The Labute approximate surface area is 108 Å². The molecule has 3 nitrogen and oxygen atoms in total. The van der Waals surface area contributed by atoms with Gasteiger partial charge in [0, 0.05) is 29.2 Å². The molecule has 2 unspecified atom stereocenters. The lowest BCUT2D eigenvalue weighted by Gasteiger charge is -2.24. The van der Waals surface area contributed by atoms with Gasteiger partial charge in [-0.05, 0) is 31.0 Å². The predicted molar refractivity (Wildman–Crippen MR) is 70.5 cm³/mol. The van der Waals surface area contributed by atoms with Gasteiger partial charge in [0.25, 0.3) is 0 Å². The van der Waals surface area contributed by atoms with Crippen LogP contribution in [0.3, 0.4) is 0 Å². The SMILES string of the molecule is CCC(CO)C(N)c1cc(Cl)cc(C)c1OC. The van der Waals surface area contributed by atoms with E-state index in [9.17, 15) is 5.11 Å². The number of hydrogen-bond donors (Lipinski definition) is 2. The van der Waals surface area contributed by atoms with E-state index < -0.39 is 0 Å². The van der Waals surface area contributed by atoms with Gasteiger partial charge in [0.1, 0.15) is 5.75 Å². The van der Waals surface area contributed by atoms with Crippen LogP contribution in [0.1, 0.15) is 30.5 Å². The lowest BCUT2D eigenvalue weighted by atomic mass is 9.90. The molecule has 0 fully saturated rings. The molecule has 0 saturated carbocycles. The summed E-state index contributed by atoms with van der Waals surface area (Å²) in [6.45, 7) is 4.00. The van der Waals surface area contributed by atoms with Crippen molar-refractivity contribution in [3.8, 4) is 5.75 Å². The van der Waals surface area contributed by atoms with Gasteiger partial charge < -0.3 is 15.6 Å². The molecular formula is C13H20ClNO2. The molecule has 0 saturated heterocycles. The lowest BCUT2D eigenvalue weighted by Crippen LogP contribution is -2.24. The van der Waals surface area contributed by atoms with E-state index in [-0.39, 0.29) is 18.6 Å². The Bertz CT molecular complexity index is 378. The summed E-state index contributed by atoms with van der Waals surface area (Å²) >= 11 is 6.04. The van der Waals surface area contributed by atoms with Gasteiger partial charge in [-0.1, -0.05) is 18.5 Å². The molecule has 0 aliphatic heterocycles. The minimum Gasteiger partial charge on any atom is -0.496 e. The fraction of sp³-hybridized carbons (Fsp3) is 0.538. The van der Waals surface area contributed by atoms with E-state index in [2.05, 4.69) is 0 Å². The number of benzene rings is 1. The quantitative estimate of drug-likeness (QED) is 0.853. The zero-order valence-corrected chi connectivity index (χ0v) is 11.3. The normalized spacial score (nSPS) is 14.5. The molecule has 0 heterocycles. The van der Waals surface area contributed by atoms with Crippen LogP contribution < -0.4 is 10.5 Å². The Kier molecular flexibility index (Phi) is 5.25. The van der Waals surface area contributed by atoms with Crippen LogP contribution in [0.15, 0.2) is 12.1 Å². The van der Waals surface area contributed by atoms with Crippen LogP contribution in [0.5, 0.6) is 5.75 Å². The van der Waals surface area contributed by atoms with Crippen LogP contribution in [0, 0.1) is 12.8 Å². The molecule has 0 aliphatic rings. The zero-order valence-electron chi connectivity index (χ0n) is 10.5. The molecule has 1 aromatic rings. The van der Waals surface area contributed by atoms with E-state index in [1.165, 1.54) is 0 Å². The van der Waals surface area contributed by atoms with Crippen molar-refractivity contribution in [3.05, 3.63) is 28.3 Å². The van der Waals surface area contributed by atoms with Crippen molar-refractivity contribution in [1.82, 2.24) is 0 Å². The predicted octanol–water partition coefficient (Wildman–Crippen LogP) is 2.68. The van der Waals surface area contributed by atoms with E-state index in [4.69, 9.17) is 22.1 Å². The molecule has 1 rings (SSSR count). The number of hydrogen-bond acceptors (Lipinski definition) is 3. The molecule has 0 bridgehead atoms. The minimum absolute atomic E-state index is 0.0155. The first-order valence-corrected chi connectivity index (χ1v) is 6.13. The third-order valence-electron chi connectivity index (χ3n) is 3.10. The van der Waals surface area contributed by atoms with Crippen LogP contribution >= 0.6 is 11.6 Å². The van der Waals surface area contributed by atoms with Crippen molar-refractivity contribution in [2.24, 2.45) is 11.7 Å². The van der Waals surface area contributed by atoms with Crippen LogP contribution in [-0.4, -0.2) is 18.8 Å². The molecule has 2 atom stereocenters. The molecule has 4 heteroatoms. The molecule has 1 aromatic carbocycles.